The summed E-state index contributed by atoms with van der Waals surface area (Å²) in [6.07, 6.45) is 4.61. The quantitative estimate of drug-likeness (QED) is 0.752. The summed E-state index contributed by atoms with van der Waals surface area (Å²) in [5.41, 5.74) is 0.486. The van der Waals surface area contributed by atoms with Crippen molar-refractivity contribution >= 4 is 0 Å². The van der Waals surface area contributed by atoms with Gasteiger partial charge in [-0.05, 0) is 50.5 Å². The number of hydrogen-bond acceptors (Lipinski definition) is 2. The minimum atomic E-state index is -0.175. The van der Waals surface area contributed by atoms with Crippen molar-refractivity contribution in [3.8, 4) is 0 Å². The average Bonchev–Trinajstić information content (AvgIpc) is 1.98. The Kier molecular flexibility index (Phi) is 4.60. The van der Waals surface area contributed by atoms with E-state index in [2.05, 4.69) is 26.1 Å². The molecule has 0 heterocycles. The topological polar surface area (TPSA) is 32.3 Å². The third-order valence-corrected chi connectivity index (χ3v) is 3.38. The molecular formula is C13H27NO. The second-order valence-electron chi connectivity index (χ2n) is 6.20. The summed E-state index contributed by atoms with van der Waals surface area (Å²) >= 11 is 0. The van der Waals surface area contributed by atoms with Crippen LogP contribution in [0.4, 0.5) is 0 Å². The Bertz CT molecular complexity index is 189. The fourth-order valence-corrected chi connectivity index (χ4v) is 3.00. The number of hydrogen-bond donors (Lipinski definition) is 2. The van der Waals surface area contributed by atoms with Crippen molar-refractivity contribution in [1.82, 2.24) is 5.32 Å². The van der Waals surface area contributed by atoms with E-state index in [0.29, 0.717) is 11.5 Å². The maximum absolute atomic E-state index is 9.20. The van der Waals surface area contributed by atoms with Crippen molar-refractivity contribution in [1.29, 1.82) is 0 Å². The molecule has 2 heteroatoms. The van der Waals surface area contributed by atoms with Gasteiger partial charge in [-0.25, -0.2) is 0 Å². The summed E-state index contributed by atoms with van der Waals surface area (Å²) in [6, 6.07) is 0.655. The Balaban J connectivity index is 2.29. The smallest absolute Gasteiger partial charge is 0.0524 e. The second kappa shape index (κ2) is 5.31. The van der Waals surface area contributed by atoms with E-state index < -0.39 is 0 Å². The van der Waals surface area contributed by atoms with Crippen LogP contribution < -0.4 is 5.32 Å². The van der Waals surface area contributed by atoms with Crippen LogP contribution in [0, 0.1) is 11.3 Å². The van der Waals surface area contributed by atoms with Gasteiger partial charge in [-0.15, -0.1) is 0 Å². The molecule has 1 aliphatic rings. The number of rotatable bonds is 4. The van der Waals surface area contributed by atoms with E-state index in [4.69, 9.17) is 0 Å². The first-order valence-electron chi connectivity index (χ1n) is 6.30. The lowest BCUT2D eigenvalue weighted by atomic mass is 9.70. The molecule has 2 nitrogen and oxygen atoms in total. The molecule has 0 radical (unpaired) electrons. The number of nitrogens with one attached hydrogen (secondary N) is 1. The highest BCUT2D eigenvalue weighted by molar-refractivity contribution is 4.86. The second-order valence-corrected chi connectivity index (χ2v) is 6.20. The molecule has 0 aromatic carbocycles. The highest BCUT2D eigenvalue weighted by Gasteiger charge is 2.31. The van der Waals surface area contributed by atoms with Crippen molar-refractivity contribution in [2.45, 2.75) is 65.5 Å². The first kappa shape index (κ1) is 13.0. The van der Waals surface area contributed by atoms with E-state index in [0.717, 1.165) is 18.9 Å². The van der Waals surface area contributed by atoms with Gasteiger partial charge in [0.25, 0.3) is 0 Å². The lowest BCUT2D eigenvalue weighted by Gasteiger charge is -2.39. The Labute approximate surface area is 94.5 Å². The molecule has 1 aliphatic carbocycles. The third kappa shape index (κ3) is 4.98. The van der Waals surface area contributed by atoms with Crippen LogP contribution in [0.1, 0.15) is 53.4 Å². The molecule has 15 heavy (non-hydrogen) atoms. The van der Waals surface area contributed by atoms with Crippen LogP contribution in [0.3, 0.4) is 0 Å². The van der Waals surface area contributed by atoms with Gasteiger partial charge in [0.05, 0.1) is 6.10 Å². The van der Waals surface area contributed by atoms with Crippen molar-refractivity contribution < 1.29 is 5.11 Å². The lowest BCUT2D eigenvalue weighted by Crippen LogP contribution is -2.40. The molecule has 0 spiro atoms. The SMILES string of the molecule is C[C@H]1C[C@@H](NCC[C@@H](C)O)CC(C)(C)C1. The molecule has 0 aliphatic heterocycles. The highest BCUT2D eigenvalue weighted by Crippen LogP contribution is 2.38. The van der Waals surface area contributed by atoms with E-state index in [1.807, 2.05) is 6.92 Å². The van der Waals surface area contributed by atoms with Crippen molar-refractivity contribution in [3.63, 3.8) is 0 Å². The van der Waals surface area contributed by atoms with Crippen LogP contribution in [0.25, 0.3) is 0 Å². The van der Waals surface area contributed by atoms with E-state index in [-0.39, 0.29) is 6.10 Å². The Morgan fingerprint density at radius 3 is 2.60 bits per heavy atom. The van der Waals surface area contributed by atoms with Gasteiger partial charge in [0.1, 0.15) is 0 Å². The first-order chi connectivity index (χ1) is 6.89. The summed E-state index contributed by atoms with van der Waals surface area (Å²) < 4.78 is 0. The molecule has 3 atom stereocenters. The summed E-state index contributed by atoms with van der Waals surface area (Å²) in [6.45, 7) is 9.89. The Morgan fingerprint density at radius 2 is 2.07 bits per heavy atom. The van der Waals surface area contributed by atoms with Crippen molar-refractivity contribution in [2.24, 2.45) is 11.3 Å². The molecule has 0 aromatic rings. The summed E-state index contributed by atoms with van der Waals surface area (Å²) in [5.74, 6) is 0.831. The fourth-order valence-electron chi connectivity index (χ4n) is 3.00. The number of aliphatic hydroxyl groups is 1. The maximum Gasteiger partial charge on any atom is 0.0524 e. The van der Waals surface area contributed by atoms with Crippen molar-refractivity contribution in [2.75, 3.05) is 6.54 Å². The van der Waals surface area contributed by atoms with Crippen LogP contribution in [-0.4, -0.2) is 23.8 Å². The van der Waals surface area contributed by atoms with Gasteiger partial charge in [-0.2, -0.15) is 0 Å². The van der Waals surface area contributed by atoms with Crippen LogP contribution in [0.2, 0.25) is 0 Å². The van der Waals surface area contributed by atoms with E-state index in [1.54, 1.807) is 0 Å². The molecular weight excluding hydrogens is 186 g/mol. The monoisotopic (exact) mass is 213 g/mol. The van der Waals surface area contributed by atoms with E-state index >= 15 is 0 Å². The predicted octanol–water partition coefficient (Wildman–Crippen LogP) is 2.56. The lowest BCUT2D eigenvalue weighted by molar-refractivity contribution is 0.143. The molecule has 0 saturated heterocycles. The molecule has 0 amide bonds. The molecule has 1 rings (SSSR count). The fraction of sp³-hybridized carbons (Fsp3) is 1.00. The zero-order chi connectivity index (χ0) is 11.5. The first-order valence-corrected chi connectivity index (χ1v) is 6.30. The minimum Gasteiger partial charge on any atom is -0.393 e. The Morgan fingerprint density at radius 1 is 1.40 bits per heavy atom. The molecule has 0 bridgehead atoms. The minimum absolute atomic E-state index is 0.175. The zero-order valence-corrected chi connectivity index (χ0v) is 10.7. The standard InChI is InChI=1S/C13H27NO/c1-10-7-12(9-13(3,4)8-10)14-6-5-11(2)15/h10-12,14-15H,5-9H2,1-4H3/t10-,11+,12+/m0/s1. The van der Waals surface area contributed by atoms with Gasteiger partial charge in [-0.3, -0.25) is 0 Å². The average molecular weight is 213 g/mol. The normalized spacial score (nSPS) is 32.6. The molecule has 2 N–H and O–H groups in total. The van der Waals surface area contributed by atoms with Gasteiger partial charge in [0, 0.05) is 6.04 Å². The number of aliphatic hydroxyl groups excluding tert-OH is 1. The van der Waals surface area contributed by atoms with Crippen LogP contribution in [0.5, 0.6) is 0 Å². The van der Waals surface area contributed by atoms with Crippen molar-refractivity contribution in [3.05, 3.63) is 0 Å². The van der Waals surface area contributed by atoms with Gasteiger partial charge < -0.3 is 10.4 Å². The predicted molar refractivity (Wildman–Crippen MR) is 64.9 cm³/mol. The molecule has 1 saturated carbocycles. The van der Waals surface area contributed by atoms with E-state index in [9.17, 15) is 5.11 Å². The van der Waals surface area contributed by atoms with Gasteiger partial charge in [0.2, 0.25) is 0 Å². The maximum atomic E-state index is 9.20. The van der Waals surface area contributed by atoms with Gasteiger partial charge >= 0.3 is 0 Å². The van der Waals surface area contributed by atoms with Crippen LogP contribution >= 0.6 is 0 Å². The Hall–Kier alpha value is -0.0800. The van der Waals surface area contributed by atoms with Gasteiger partial charge in [-0.1, -0.05) is 20.8 Å². The zero-order valence-electron chi connectivity index (χ0n) is 10.7. The summed E-state index contributed by atoms with van der Waals surface area (Å²) in [7, 11) is 0. The molecule has 0 unspecified atom stereocenters. The summed E-state index contributed by atoms with van der Waals surface area (Å²) in [5, 5.41) is 12.8. The van der Waals surface area contributed by atoms with Crippen LogP contribution in [0.15, 0.2) is 0 Å². The third-order valence-electron chi connectivity index (χ3n) is 3.38. The summed E-state index contributed by atoms with van der Waals surface area (Å²) in [4.78, 5) is 0. The largest absolute Gasteiger partial charge is 0.393 e. The van der Waals surface area contributed by atoms with E-state index in [1.165, 1.54) is 19.3 Å². The molecule has 0 aromatic heterocycles. The highest BCUT2D eigenvalue weighted by atomic mass is 16.3. The molecule has 90 valence electrons. The van der Waals surface area contributed by atoms with Crippen LogP contribution in [-0.2, 0) is 0 Å². The van der Waals surface area contributed by atoms with Gasteiger partial charge in [0.15, 0.2) is 0 Å². The molecule has 1 fully saturated rings.